The Hall–Kier alpha value is -3.59. The molecule has 0 bridgehead atoms. The maximum atomic E-state index is 13.2. The molecule has 0 spiro atoms. The van der Waals surface area contributed by atoms with Gasteiger partial charge in [-0.15, -0.1) is 0 Å². The number of H-pyrrole nitrogens is 1. The topological polar surface area (TPSA) is 82.0 Å². The van der Waals surface area contributed by atoms with Crippen molar-refractivity contribution in [2.75, 3.05) is 20.2 Å². The van der Waals surface area contributed by atoms with Gasteiger partial charge in [-0.1, -0.05) is 18.2 Å². The first-order valence-electron chi connectivity index (χ1n) is 9.92. The van der Waals surface area contributed by atoms with Crippen molar-refractivity contribution in [1.82, 2.24) is 15.1 Å². The van der Waals surface area contributed by atoms with Crippen LogP contribution >= 0.6 is 0 Å². The van der Waals surface area contributed by atoms with E-state index in [9.17, 15) is 4.79 Å². The van der Waals surface area contributed by atoms with Crippen molar-refractivity contribution in [3.8, 4) is 23.1 Å². The van der Waals surface area contributed by atoms with Crippen molar-refractivity contribution >= 4 is 5.91 Å². The molecule has 0 atom stereocenters. The van der Waals surface area contributed by atoms with Gasteiger partial charge in [-0.25, -0.2) is 0 Å². The highest BCUT2D eigenvalue weighted by molar-refractivity contribution is 5.98. The molecule has 0 unspecified atom stereocenters. The minimum absolute atomic E-state index is 0.0323. The molecule has 1 amide bonds. The third kappa shape index (κ3) is 3.33. The number of carbonyl (C=O) groups excluding carboxylic acids is 1. The van der Waals surface area contributed by atoms with Gasteiger partial charge in [0.25, 0.3) is 5.91 Å². The number of amides is 1. The standard InChI is InChI=1S/C24H24N4O2/c1-14-9-15(2)21(10-20(14)22-23(30-4)16(3)26-27-22)24(29)28-12-19(13-28)18-7-5-17(11-25)6-8-18/h5-10,19H,12-13H2,1-4H3,(H,26,27). The van der Waals surface area contributed by atoms with Crippen LogP contribution in [0.15, 0.2) is 36.4 Å². The summed E-state index contributed by atoms with van der Waals surface area (Å²) in [5, 5.41) is 16.3. The van der Waals surface area contributed by atoms with Gasteiger partial charge < -0.3 is 9.64 Å². The van der Waals surface area contributed by atoms with Crippen LogP contribution in [0.4, 0.5) is 0 Å². The van der Waals surface area contributed by atoms with Crippen LogP contribution in [0.2, 0.25) is 0 Å². The van der Waals surface area contributed by atoms with Gasteiger partial charge in [0.1, 0.15) is 5.69 Å². The maximum Gasteiger partial charge on any atom is 0.254 e. The number of ether oxygens (including phenoxy) is 1. The summed E-state index contributed by atoms with van der Waals surface area (Å²) < 4.78 is 5.51. The van der Waals surface area contributed by atoms with E-state index in [4.69, 9.17) is 10.00 Å². The lowest BCUT2D eigenvalue weighted by Crippen LogP contribution is -2.48. The van der Waals surface area contributed by atoms with Gasteiger partial charge in [0.2, 0.25) is 0 Å². The Morgan fingerprint density at radius 3 is 2.50 bits per heavy atom. The molecule has 1 saturated heterocycles. The summed E-state index contributed by atoms with van der Waals surface area (Å²) in [6, 6.07) is 13.7. The van der Waals surface area contributed by atoms with Gasteiger partial charge in [0.05, 0.1) is 24.4 Å². The molecule has 6 nitrogen and oxygen atoms in total. The molecule has 0 saturated carbocycles. The fourth-order valence-corrected chi connectivity index (χ4v) is 4.04. The number of nitrogens with one attached hydrogen (secondary N) is 1. The molecule has 30 heavy (non-hydrogen) atoms. The summed E-state index contributed by atoms with van der Waals surface area (Å²) in [6.45, 7) is 7.25. The number of benzene rings is 2. The molecule has 0 radical (unpaired) electrons. The van der Waals surface area contributed by atoms with E-state index in [0.717, 1.165) is 33.6 Å². The first kappa shape index (κ1) is 19.7. The smallest absolute Gasteiger partial charge is 0.254 e. The van der Waals surface area contributed by atoms with E-state index in [1.807, 2.05) is 62.1 Å². The van der Waals surface area contributed by atoms with Crippen molar-refractivity contribution in [3.63, 3.8) is 0 Å². The number of hydrogen-bond acceptors (Lipinski definition) is 4. The van der Waals surface area contributed by atoms with Crippen LogP contribution in [0.5, 0.6) is 5.75 Å². The van der Waals surface area contributed by atoms with E-state index in [2.05, 4.69) is 16.3 Å². The highest BCUT2D eigenvalue weighted by Gasteiger charge is 2.33. The van der Waals surface area contributed by atoms with Crippen LogP contribution < -0.4 is 4.74 Å². The Balaban J connectivity index is 1.57. The van der Waals surface area contributed by atoms with Crippen molar-refractivity contribution in [2.45, 2.75) is 26.7 Å². The van der Waals surface area contributed by atoms with Crippen LogP contribution in [-0.2, 0) is 0 Å². The molecule has 4 rings (SSSR count). The largest absolute Gasteiger partial charge is 0.493 e. The van der Waals surface area contributed by atoms with Gasteiger partial charge in [0, 0.05) is 30.1 Å². The number of rotatable bonds is 4. The normalized spacial score (nSPS) is 13.6. The Kier molecular flexibility index (Phi) is 5.04. The fourth-order valence-electron chi connectivity index (χ4n) is 4.04. The average molecular weight is 400 g/mol. The number of methoxy groups -OCH3 is 1. The summed E-state index contributed by atoms with van der Waals surface area (Å²) in [5.74, 6) is 1.04. The lowest BCUT2D eigenvalue weighted by molar-refractivity contribution is 0.0601. The van der Waals surface area contributed by atoms with Crippen molar-refractivity contribution in [2.24, 2.45) is 0 Å². The molecule has 152 valence electrons. The number of aromatic nitrogens is 2. The molecule has 0 aliphatic carbocycles. The van der Waals surface area contributed by atoms with Crippen molar-refractivity contribution < 1.29 is 9.53 Å². The summed E-state index contributed by atoms with van der Waals surface area (Å²) >= 11 is 0. The second-order valence-electron chi connectivity index (χ2n) is 7.85. The number of nitrogens with zero attached hydrogens (tertiary/aromatic N) is 3. The first-order chi connectivity index (χ1) is 14.4. The summed E-state index contributed by atoms with van der Waals surface area (Å²) in [5.41, 5.74) is 6.98. The highest BCUT2D eigenvalue weighted by Crippen LogP contribution is 2.35. The van der Waals surface area contributed by atoms with Gasteiger partial charge in [-0.3, -0.25) is 9.89 Å². The van der Waals surface area contributed by atoms with Crippen molar-refractivity contribution in [3.05, 3.63) is 69.9 Å². The number of carbonyl (C=O) groups is 1. The third-order valence-electron chi connectivity index (χ3n) is 5.83. The lowest BCUT2D eigenvalue weighted by Gasteiger charge is -2.40. The zero-order chi connectivity index (χ0) is 21.4. The van der Waals surface area contributed by atoms with Gasteiger partial charge >= 0.3 is 0 Å². The van der Waals surface area contributed by atoms with E-state index in [-0.39, 0.29) is 5.91 Å². The van der Waals surface area contributed by atoms with E-state index in [0.29, 0.717) is 35.9 Å². The number of aryl methyl sites for hydroxylation is 3. The monoisotopic (exact) mass is 400 g/mol. The predicted octanol–water partition coefficient (Wildman–Crippen LogP) is 4.12. The zero-order valence-electron chi connectivity index (χ0n) is 17.6. The molecule has 1 aliphatic heterocycles. The summed E-state index contributed by atoms with van der Waals surface area (Å²) in [4.78, 5) is 15.1. The SMILES string of the molecule is COc1c(-c2cc(C(=O)N3CC(c4ccc(C#N)cc4)C3)c(C)cc2C)n[nH]c1C. The van der Waals surface area contributed by atoms with Gasteiger partial charge in [-0.05, 0) is 55.7 Å². The minimum Gasteiger partial charge on any atom is -0.493 e. The minimum atomic E-state index is 0.0323. The second-order valence-corrected chi connectivity index (χ2v) is 7.85. The average Bonchev–Trinajstić information content (AvgIpc) is 3.07. The van der Waals surface area contributed by atoms with E-state index >= 15 is 0 Å². The second kappa shape index (κ2) is 7.68. The summed E-state index contributed by atoms with van der Waals surface area (Å²) in [6.07, 6.45) is 0. The predicted molar refractivity (Wildman–Crippen MR) is 115 cm³/mol. The maximum absolute atomic E-state index is 13.2. The molecule has 6 heteroatoms. The zero-order valence-corrected chi connectivity index (χ0v) is 17.6. The van der Waals surface area contributed by atoms with Crippen LogP contribution in [0.3, 0.4) is 0 Å². The van der Waals surface area contributed by atoms with Gasteiger partial charge in [-0.2, -0.15) is 10.4 Å². The highest BCUT2D eigenvalue weighted by atomic mass is 16.5. The number of likely N-dealkylation sites (tertiary alicyclic amines) is 1. The van der Waals surface area contributed by atoms with Crippen LogP contribution in [0.25, 0.3) is 11.3 Å². The molecule has 1 N–H and O–H groups in total. The van der Waals surface area contributed by atoms with Crippen LogP contribution in [0.1, 0.15) is 44.2 Å². The Bertz CT molecular complexity index is 1150. The van der Waals surface area contributed by atoms with E-state index < -0.39 is 0 Å². The van der Waals surface area contributed by atoms with E-state index in [1.165, 1.54) is 0 Å². The van der Waals surface area contributed by atoms with Crippen LogP contribution in [-0.4, -0.2) is 41.2 Å². The fraction of sp³-hybridized carbons (Fsp3) is 0.292. The Labute approximate surface area is 176 Å². The molecule has 2 heterocycles. The lowest BCUT2D eigenvalue weighted by atomic mass is 9.89. The molecule has 3 aromatic rings. The molecule has 1 fully saturated rings. The Morgan fingerprint density at radius 1 is 1.17 bits per heavy atom. The number of nitriles is 1. The van der Waals surface area contributed by atoms with Gasteiger partial charge in [0.15, 0.2) is 5.75 Å². The molecule has 2 aromatic carbocycles. The summed E-state index contributed by atoms with van der Waals surface area (Å²) in [7, 11) is 1.63. The van der Waals surface area contributed by atoms with Crippen LogP contribution in [0, 0.1) is 32.1 Å². The quantitative estimate of drug-likeness (QED) is 0.714. The van der Waals surface area contributed by atoms with E-state index in [1.54, 1.807) is 7.11 Å². The number of aromatic amines is 1. The molecular formula is C24H24N4O2. The Morgan fingerprint density at radius 2 is 1.87 bits per heavy atom. The molecular weight excluding hydrogens is 376 g/mol. The third-order valence-corrected chi connectivity index (χ3v) is 5.83. The molecule has 1 aromatic heterocycles. The van der Waals surface area contributed by atoms with Crippen molar-refractivity contribution in [1.29, 1.82) is 5.26 Å². The first-order valence-corrected chi connectivity index (χ1v) is 9.92. The molecule has 1 aliphatic rings. The number of hydrogen-bond donors (Lipinski definition) is 1.